The molecule has 3 heterocycles. The van der Waals surface area contributed by atoms with Gasteiger partial charge in [-0.3, -0.25) is 4.90 Å². The van der Waals surface area contributed by atoms with E-state index < -0.39 is 0 Å². The molecular weight excluding hydrogens is 376 g/mol. The maximum absolute atomic E-state index is 12.2. The van der Waals surface area contributed by atoms with Gasteiger partial charge in [0, 0.05) is 25.2 Å². The number of carbonyl (C=O) groups excluding carboxylic acids is 1. The van der Waals surface area contributed by atoms with Crippen molar-refractivity contribution in [2.24, 2.45) is 0 Å². The van der Waals surface area contributed by atoms with Crippen molar-refractivity contribution < 1.29 is 14.3 Å². The largest absolute Gasteiger partial charge is 0.462 e. The van der Waals surface area contributed by atoms with E-state index in [4.69, 9.17) is 9.47 Å². The van der Waals surface area contributed by atoms with Crippen LogP contribution in [0.1, 0.15) is 49.9 Å². The van der Waals surface area contributed by atoms with Gasteiger partial charge in [-0.05, 0) is 47.1 Å². The normalized spacial score (nSPS) is 21.1. The number of rotatable bonds is 6. The molecule has 1 fully saturated rings. The van der Waals surface area contributed by atoms with Crippen LogP contribution in [0.2, 0.25) is 0 Å². The average molecular weight is 407 g/mol. The SMILES string of the molecule is CCOC(=O)c1sc2ncnc(NCC(C)(C)N3C[C@H](C)O[C@@H](C)C3)c2c1C. The lowest BCUT2D eigenvalue weighted by atomic mass is 10.00. The van der Waals surface area contributed by atoms with Crippen LogP contribution in [0.15, 0.2) is 6.33 Å². The molecule has 0 radical (unpaired) electrons. The fraction of sp³-hybridized carbons (Fsp3) is 0.650. The number of aryl methyl sites for hydroxylation is 1. The van der Waals surface area contributed by atoms with Gasteiger partial charge in [0.25, 0.3) is 0 Å². The third-order valence-electron chi connectivity index (χ3n) is 5.15. The van der Waals surface area contributed by atoms with Crippen molar-refractivity contribution in [2.75, 3.05) is 31.6 Å². The molecule has 0 aliphatic carbocycles. The van der Waals surface area contributed by atoms with Crippen molar-refractivity contribution in [1.82, 2.24) is 14.9 Å². The zero-order valence-corrected chi connectivity index (χ0v) is 18.4. The molecule has 0 amide bonds. The first-order chi connectivity index (χ1) is 13.2. The number of thiophene rings is 1. The van der Waals surface area contributed by atoms with Crippen LogP contribution >= 0.6 is 11.3 Å². The van der Waals surface area contributed by atoms with Gasteiger partial charge in [-0.1, -0.05) is 0 Å². The summed E-state index contributed by atoms with van der Waals surface area (Å²) in [6.07, 6.45) is 1.99. The minimum Gasteiger partial charge on any atom is -0.462 e. The minimum absolute atomic E-state index is 0.0720. The van der Waals surface area contributed by atoms with Gasteiger partial charge >= 0.3 is 5.97 Å². The van der Waals surface area contributed by atoms with Gasteiger partial charge in [0.1, 0.15) is 21.9 Å². The summed E-state index contributed by atoms with van der Waals surface area (Å²) < 4.78 is 11.0. The molecule has 28 heavy (non-hydrogen) atoms. The lowest BCUT2D eigenvalue weighted by molar-refractivity contribution is -0.0933. The van der Waals surface area contributed by atoms with E-state index in [1.165, 1.54) is 11.3 Å². The molecule has 1 aliphatic heterocycles. The van der Waals surface area contributed by atoms with Crippen LogP contribution in [0.3, 0.4) is 0 Å². The molecular formula is C20H30N4O3S. The number of nitrogens with one attached hydrogen (secondary N) is 1. The summed E-state index contributed by atoms with van der Waals surface area (Å²) in [5.74, 6) is 0.460. The third-order valence-corrected chi connectivity index (χ3v) is 6.33. The van der Waals surface area contributed by atoms with Gasteiger partial charge in [-0.15, -0.1) is 11.3 Å². The molecule has 3 rings (SSSR count). The van der Waals surface area contributed by atoms with Crippen molar-refractivity contribution >= 4 is 33.3 Å². The van der Waals surface area contributed by atoms with Crippen molar-refractivity contribution in [3.05, 3.63) is 16.8 Å². The van der Waals surface area contributed by atoms with Gasteiger partial charge in [-0.2, -0.15) is 0 Å². The Morgan fingerprint density at radius 3 is 2.68 bits per heavy atom. The molecule has 0 spiro atoms. The van der Waals surface area contributed by atoms with Gasteiger partial charge < -0.3 is 14.8 Å². The number of anilines is 1. The van der Waals surface area contributed by atoms with Crippen LogP contribution in [0, 0.1) is 6.92 Å². The molecule has 2 aromatic rings. The number of ether oxygens (including phenoxy) is 2. The number of aromatic nitrogens is 2. The number of carbonyl (C=O) groups is 1. The number of nitrogens with zero attached hydrogens (tertiary/aromatic N) is 3. The molecule has 1 N–H and O–H groups in total. The highest BCUT2D eigenvalue weighted by Gasteiger charge is 2.33. The van der Waals surface area contributed by atoms with E-state index >= 15 is 0 Å². The molecule has 2 atom stereocenters. The monoisotopic (exact) mass is 406 g/mol. The van der Waals surface area contributed by atoms with Gasteiger partial charge in [0.2, 0.25) is 0 Å². The number of morpholine rings is 1. The van der Waals surface area contributed by atoms with E-state index in [1.807, 2.05) is 13.8 Å². The van der Waals surface area contributed by atoms with Crippen molar-refractivity contribution in [2.45, 2.75) is 59.3 Å². The summed E-state index contributed by atoms with van der Waals surface area (Å²) in [5.41, 5.74) is 0.797. The summed E-state index contributed by atoms with van der Waals surface area (Å²) in [5, 5.41) is 4.40. The quantitative estimate of drug-likeness (QED) is 0.736. The van der Waals surface area contributed by atoms with E-state index in [-0.39, 0.29) is 23.7 Å². The van der Waals surface area contributed by atoms with Gasteiger partial charge in [0.15, 0.2) is 0 Å². The third kappa shape index (κ3) is 4.29. The molecule has 154 valence electrons. The lowest BCUT2D eigenvalue weighted by Crippen LogP contribution is -2.57. The molecule has 2 aromatic heterocycles. The van der Waals surface area contributed by atoms with E-state index in [1.54, 1.807) is 6.33 Å². The molecule has 7 nitrogen and oxygen atoms in total. The summed E-state index contributed by atoms with van der Waals surface area (Å²) in [6.45, 7) is 15.3. The van der Waals surface area contributed by atoms with Crippen LogP contribution in [0.25, 0.3) is 10.2 Å². The average Bonchev–Trinajstić information content (AvgIpc) is 2.97. The second-order valence-electron chi connectivity index (χ2n) is 8.01. The first-order valence-electron chi connectivity index (χ1n) is 9.78. The first-order valence-corrected chi connectivity index (χ1v) is 10.6. The minimum atomic E-state index is -0.300. The summed E-state index contributed by atoms with van der Waals surface area (Å²) >= 11 is 1.36. The maximum Gasteiger partial charge on any atom is 0.348 e. The zero-order chi connectivity index (χ0) is 20.5. The Morgan fingerprint density at radius 2 is 2.04 bits per heavy atom. The second-order valence-corrected chi connectivity index (χ2v) is 9.01. The van der Waals surface area contributed by atoms with Crippen LogP contribution in [0.5, 0.6) is 0 Å². The van der Waals surface area contributed by atoms with Crippen molar-refractivity contribution in [3.63, 3.8) is 0 Å². The maximum atomic E-state index is 12.2. The standard InChI is InChI=1S/C20H30N4O3S/c1-7-26-19(25)16-14(4)15-17(22-11-23-18(15)28-16)21-10-20(5,6)24-8-12(2)27-13(3)9-24/h11-13H,7-10H2,1-6H3,(H,21,22,23)/t12-,13-/m0/s1. The molecule has 1 saturated heterocycles. The highest BCUT2D eigenvalue weighted by Crippen LogP contribution is 2.34. The molecule has 0 aromatic carbocycles. The fourth-order valence-electron chi connectivity index (χ4n) is 3.68. The number of hydrogen-bond acceptors (Lipinski definition) is 8. The molecule has 0 bridgehead atoms. The van der Waals surface area contributed by atoms with Crippen LogP contribution in [0.4, 0.5) is 5.82 Å². The van der Waals surface area contributed by atoms with Crippen LogP contribution in [-0.4, -0.2) is 64.8 Å². The summed E-state index contributed by atoms with van der Waals surface area (Å²) in [7, 11) is 0. The second kappa shape index (κ2) is 8.31. The van der Waals surface area contributed by atoms with E-state index in [0.29, 0.717) is 11.5 Å². The van der Waals surface area contributed by atoms with E-state index in [9.17, 15) is 4.79 Å². The summed E-state index contributed by atoms with van der Waals surface area (Å²) in [6, 6.07) is 0. The molecule has 8 heteroatoms. The fourth-order valence-corrected chi connectivity index (χ4v) is 4.72. The predicted octanol–water partition coefficient (Wildman–Crippen LogP) is 3.48. The number of hydrogen-bond donors (Lipinski definition) is 1. The first kappa shape index (κ1) is 21.0. The van der Waals surface area contributed by atoms with Crippen LogP contribution in [-0.2, 0) is 9.47 Å². The van der Waals surface area contributed by atoms with Gasteiger partial charge in [0.05, 0.1) is 24.2 Å². The Balaban J connectivity index is 1.81. The highest BCUT2D eigenvalue weighted by atomic mass is 32.1. The topological polar surface area (TPSA) is 76.6 Å². The zero-order valence-electron chi connectivity index (χ0n) is 17.5. The van der Waals surface area contributed by atoms with E-state index in [2.05, 4.69) is 47.9 Å². The van der Waals surface area contributed by atoms with Gasteiger partial charge in [-0.25, -0.2) is 14.8 Å². The number of fused-ring (bicyclic) bond motifs is 1. The smallest absolute Gasteiger partial charge is 0.348 e. The Bertz CT molecular complexity index is 841. The molecule has 0 unspecified atom stereocenters. The molecule has 1 aliphatic rings. The Kier molecular flexibility index (Phi) is 6.21. The van der Waals surface area contributed by atoms with E-state index in [0.717, 1.165) is 41.2 Å². The van der Waals surface area contributed by atoms with Crippen LogP contribution < -0.4 is 5.32 Å². The Labute approximate surface area is 170 Å². The number of esters is 1. The molecule has 0 saturated carbocycles. The lowest BCUT2D eigenvalue weighted by Gasteiger charge is -2.45. The Hall–Kier alpha value is -1.77. The van der Waals surface area contributed by atoms with Crippen molar-refractivity contribution in [1.29, 1.82) is 0 Å². The predicted molar refractivity (Wildman–Crippen MR) is 112 cm³/mol. The highest BCUT2D eigenvalue weighted by molar-refractivity contribution is 7.20. The summed E-state index contributed by atoms with van der Waals surface area (Å²) in [4.78, 5) is 24.9. The Morgan fingerprint density at radius 1 is 1.36 bits per heavy atom. The van der Waals surface area contributed by atoms with Crippen molar-refractivity contribution in [3.8, 4) is 0 Å².